The minimum absolute atomic E-state index is 0. The number of methoxy groups -OCH3 is 1. The second-order valence-electron chi connectivity index (χ2n) is 3.95. The lowest BCUT2D eigenvalue weighted by Gasteiger charge is -2.23. The van der Waals surface area contributed by atoms with E-state index in [0.29, 0.717) is 26.1 Å². The van der Waals surface area contributed by atoms with Gasteiger partial charge in [-0.15, -0.1) is 12.4 Å². The van der Waals surface area contributed by atoms with E-state index in [0.717, 1.165) is 0 Å². The molecule has 0 aromatic heterocycles. The smallest absolute Gasteiger partial charge is 0.241 e. The van der Waals surface area contributed by atoms with Crippen LogP contribution in [0.4, 0.5) is 0 Å². The summed E-state index contributed by atoms with van der Waals surface area (Å²) in [6.07, 6.45) is 0.390. The summed E-state index contributed by atoms with van der Waals surface area (Å²) in [6, 6.07) is 0. The molecule has 0 bridgehead atoms. The van der Waals surface area contributed by atoms with Crippen molar-refractivity contribution in [2.24, 2.45) is 0 Å². The number of nitrogens with zero attached hydrogens (tertiary/aromatic N) is 2. The standard InChI is InChI=1S/C11H23N3O3.ClH/c1-12-6-5-10(15)14(7-8-17-4)9-11(16)13(2)3;/h12H,5-9H2,1-4H3;1H. The summed E-state index contributed by atoms with van der Waals surface area (Å²) >= 11 is 0. The van der Waals surface area contributed by atoms with Crippen molar-refractivity contribution in [3.8, 4) is 0 Å². The molecule has 0 atom stereocenters. The highest BCUT2D eigenvalue weighted by molar-refractivity contribution is 5.85. The van der Waals surface area contributed by atoms with Crippen molar-refractivity contribution in [3.63, 3.8) is 0 Å². The summed E-state index contributed by atoms with van der Waals surface area (Å²) in [7, 11) is 6.71. The van der Waals surface area contributed by atoms with Crippen molar-refractivity contribution in [1.82, 2.24) is 15.1 Å². The van der Waals surface area contributed by atoms with E-state index in [2.05, 4.69) is 5.32 Å². The Labute approximate surface area is 115 Å². The van der Waals surface area contributed by atoms with Gasteiger partial charge in [0.15, 0.2) is 0 Å². The first-order valence-electron chi connectivity index (χ1n) is 5.64. The summed E-state index contributed by atoms with van der Waals surface area (Å²) in [4.78, 5) is 26.4. The van der Waals surface area contributed by atoms with Crippen molar-refractivity contribution >= 4 is 24.2 Å². The number of likely N-dealkylation sites (N-methyl/N-ethyl adjacent to an activating group) is 1. The number of hydrogen-bond donors (Lipinski definition) is 1. The summed E-state index contributed by atoms with van der Waals surface area (Å²) in [5.41, 5.74) is 0. The number of amides is 2. The third-order valence-electron chi connectivity index (χ3n) is 2.33. The molecule has 0 unspecified atom stereocenters. The van der Waals surface area contributed by atoms with Crippen LogP contribution in [-0.2, 0) is 14.3 Å². The number of carbonyl (C=O) groups excluding carboxylic acids is 2. The fourth-order valence-corrected chi connectivity index (χ4v) is 1.19. The molecule has 0 heterocycles. The monoisotopic (exact) mass is 281 g/mol. The van der Waals surface area contributed by atoms with Crippen LogP contribution in [0.1, 0.15) is 6.42 Å². The first-order valence-corrected chi connectivity index (χ1v) is 5.64. The van der Waals surface area contributed by atoms with Gasteiger partial charge in [-0.1, -0.05) is 0 Å². The van der Waals surface area contributed by atoms with Gasteiger partial charge in [0.1, 0.15) is 0 Å². The summed E-state index contributed by atoms with van der Waals surface area (Å²) in [5.74, 6) is -0.120. The fraction of sp³-hybridized carbons (Fsp3) is 0.818. The molecule has 1 N–H and O–H groups in total. The van der Waals surface area contributed by atoms with Crippen LogP contribution in [0.15, 0.2) is 0 Å². The molecular formula is C11H24ClN3O3. The summed E-state index contributed by atoms with van der Waals surface area (Å²) < 4.78 is 4.93. The van der Waals surface area contributed by atoms with E-state index in [9.17, 15) is 9.59 Å². The third kappa shape index (κ3) is 8.27. The van der Waals surface area contributed by atoms with Crippen molar-refractivity contribution in [2.45, 2.75) is 6.42 Å². The van der Waals surface area contributed by atoms with Crippen molar-refractivity contribution in [2.75, 3.05) is 54.5 Å². The van der Waals surface area contributed by atoms with E-state index < -0.39 is 0 Å². The van der Waals surface area contributed by atoms with Crippen LogP contribution in [0.2, 0.25) is 0 Å². The maximum atomic E-state index is 11.8. The number of carbonyl (C=O) groups is 2. The molecule has 2 amide bonds. The Morgan fingerprint density at radius 3 is 2.28 bits per heavy atom. The molecule has 6 nitrogen and oxygen atoms in total. The lowest BCUT2D eigenvalue weighted by Crippen LogP contribution is -2.42. The van der Waals surface area contributed by atoms with E-state index in [-0.39, 0.29) is 30.8 Å². The topological polar surface area (TPSA) is 61.9 Å². The molecule has 0 aromatic rings. The molecule has 108 valence electrons. The Balaban J connectivity index is 0. The SMILES string of the molecule is CNCCC(=O)N(CCOC)CC(=O)N(C)C.Cl. The van der Waals surface area contributed by atoms with Crippen molar-refractivity contribution < 1.29 is 14.3 Å². The quantitative estimate of drug-likeness (QED) is 0.657. The maximum absolute atomic E-state index is 11.8. The van der Waals surface area contributed by atoms with Gasteiger partial charge in [0.25, 0.3) is 0 Å². The van der Waals surface area contributed by atoms with Gasteiger partial charge in [0.05, 0.1) is 13.2 Å². The van der Waals surface area contributed by atoms with Crippen LogP contribution >= 0.6 is 12.4 Å². The third-order valence-corrected chi connectivity index (χ3v) is 2.33. The second kappa shape index (κ2) is 11.3. The van der Waals surface area contributed by atoms with Gasteiger partial charge in [-0.3, -0.25) is 9.59 Å². The van der Waals surface area contributed by atoms with Crippen molar-refractivity contribution in [3.05, 3.63) is 0 Å². The minimum atomic E-state index is -0.0843. The molecule has 0 saturated heterocycles. The highest BCUT2D eigenvalue weighted by Crippen LogP contribution is 1.96. The van der Waals surface area contributed by atoms with E-state index in [1.807, 2.05) is 0 Å². The van der Waals surface area contributed by atoms with Crippen molar-refractivity contribution in [1.29, 1.82) is 0 Å². The molecule has 0 aromatic carbocycles. The van der Waals surface area contributed by atoms with E-state index >= 15 is 0 Å². The second-order valence-corrected chi connectivity index (χ2v) is 3.95. The molecule has 0 spiro atoms. The van der Waals surface area contributed by atoms with Crippen LogP contribution in [0.5, 0.6) is 0 Å². The average molecular weight is 282 g/mol. The zero-order chi connectivity index (χ0) is 13.3. The van der Waals surface area contributed by atoms with Gasteiger partial charge in [-0.05, 0) is 7.05 Å². The number of nitrogens with one attached hydrogen (secondary N) is 1. The summed E-state index contributed by atoms with van der Waals surface area (Å²) in [5, 5.41) is 2.91. The fourth-order valence-electron chi connectivity index (χ4n) is 1.19. The van der Waals surface area contributed by atoms with Gasteiger partial charge in [0, 0.05) is 40.7 Å². The molecule has 0 rings (SSSR count). The van der Waals surface area contributed by atoms with Gasteiger partial charge in [0.2, 0.25) is 11.8 Å². The molecular weight excluding hydrogens is 258 g/mol. The molecule has 0 aliphatic heterocycles. The highest BCUT2D eigenvalue weighted by Gasteiger charge is 2.17. The number of ether oxygens (including phenoxy) is 1. The number of halogens is 1. The predicted octanol–water partition coefficient (Wildman–Crippen LogP) is -0.419. The molecule has 0 fully saturated rings. The maximum Gasteiger partial charge on any atom is 0.241 e. The number of rotatable bonds is 8. The zero-order valence-electron chi connectivity index (χ0n) is 11.6. The number of hydrogen-bond acceptors (Lipinski definition) is 4. The summed E-state index contributed by atoms with van der Waals surface area (Å²) in [6.45, 7) is 1.60. The molecule has 0 saturated carbocycles. The Morgan fingerprint density at radius 2 is 1.83 bits per heavy atom. The van der Waals surface area contributed by atoms with Crippen LogP contribution < -0.4 is 5.32 Å². The largest absolute Gasteiger partial charge is 0.383 e. The first-order chi connectivity index (χ1) is 8.02. The lowest BCUT2D eigenvalue weighted by molar-refractivity contribution is -0.139. The highest BCUT2D eigenvalue weighted by atomic mass is 35.5. The Hall–Kier alpha value is -0.850. The molecule has 0 aliphatic carbocycles. The normalized spacial score (nSPS) is 9.56. The van der Waals surface area contributed by atoms with Crippen LogP contribution in [-0.4, -0.2) is 76.1 Å². The molecule has 0 radical (unpaired) electrons. The first kappa shape index (κ1) is 19.5. The van der Waals surface area contributed by atoms with E-state index in [1.54, 1.807) is 28.3 Å². The Kier molecular flexibility index (Phi) is 12.2. The predicted molar refractivity (Wildman–Crippen MR) is 72.9 cm³/mol. The van der Waals surface area contributed by atoms with Gasteiger partial charge < -0.3 is 19.9 Å². The minimum Gasteiger partial charge on any atom is -0.383 e. The van der Waals surface area contributed by atoms with Gasteiger partial charge in [-0.2, -0.15) is 0 Å². The Morgan fingerprint density at radius 1 is 1.22 bits per heavy atom. The Bertz CT molecular complexity index is 250. The van der Waals surface area contributed by atoms with Gasteiger partial charge in [-0.25, -0.2) is 0 Å². The van der Waals surface area contributed by atoms with Gasteiger partial charge >= 0.3 is 0 Å². The molecule has 0 aliphatic rings. The molecule has 18 heavy (non-hydrogen) atoms. The van der Waals surface area contributed by atoms with E-state index in [4.69, 9.17) is 4.74 Å². The van der Waals surface area contributed by atoms with Crippen LogP contribution in [0.3, 0.4) is 0 Å². The van der Waals surface area contributed by atoms with E-state index in [1.165, 1.54) is 9.80 Å². The zero-order valence-corrected chi connectivity index (χ0v) is 12.4. The molecule has 7 heteroatoms. The lowest BCUT2D eigenvalue weighted by atomic mass is 10.3. The van der Waals surface area contributed by atoms with Crippen LogP contribution in [0.25, 0.3) is 0 Å². The average Bonchev–Trinajstić information content (AvgIpc) is 2.30. The van der Waals surface area contributed by atoms with Crippen LogP contribution in [0, 0.1) is 0 Å².